The molecule has 2 fully saturated rings. The van der Waals surface area contributed by atoms with Gasteiger partial charge in [0.15, 0.2) is 0 Å². The van der Waals surface area contributed by atoms with Gasteiger partial charge in [0.25, 0.3) is 0 Å². The van der Waals surface area contributed by atoms with Crippen LogP contribution in [0.25, 0.3) is 10.8 Å². The second-order valence-electron chi connectivity index (χ2n) is 6.99. The fraction of sp³-hybridized carbons (Fsp3) is 0.381. The number of hydrogen-bond acceptors (Lipinski definition) is 2. The van der Waals surface area contributed by atoms with Gasteiger partial charge >= 0.3 is 5.97 Å². The molecular weight excluding hydrogens is 284 g/mol. The van der Waals surface area contributed by atoms with Gasteiger partial charge < -0.3 is 4.74 Å². The molecule has 2 aromatic carbocycles. The summed E-state index contributed by atoms with van der Waals surface area (Å²) in [6, 6.07) is 14.9. The number of carbonyl (C=O) groups is 1. The van der Waals surface area contributed by atoms with E-state index in [1.807, 2.05) is 6.08 Å². The van der Waals surface area contributed by atoms with E-state index in [-0.39, 0.29) is 12.1 Å². The minimum absolute atomic E-state index is 0.0136. The molecule has 1 aliphatic heterocycles. The third kappa shape index (κ3) is 2.28. The fourth-order valence-electron chi connectivity index (χ4n) is 4.59. The topological polar surface area (TPSA) is 26.3 Å². The average molecular weight is 306 g/mol. The monoisotopic (exact) mass is 306 g/mol. The first kappa shape index (κ1) is 14.5. The molecule has 118 valence electrons. The van der Waals surface area contributed by atoms with Crippen molar-refractivity contribution in [1.29, 1.82) is 0 Å². The van der Waals surface area contributed by atoms with Gasteiger partial charge in [-0.3, -0.25) is 4.79 Å². The molecule has 0 radical (unpaired) electrons. The zero-order chi connectivity index (χ0) is 15.9. The molecule has 0 N–H and O–H groups in total. The lowest BCUT2D eigenvalue weighted by atomic mass is 9.69. The van der Waals surface area contributed by atoms with Crippen LogP contribution in [-0.2, 0) is 16.0 Å². The van der Waals surface area contributed by atoms with E-state index in [0.717, 1.165) is 19.3 Å². The van der Waals surface area contributed by atoms with Gasteiger partial charge in [-0.1, -0.05) is 48.5 Å². The van der Waals surface area contributed by atoms with Crippen molar-refractivity contribution < 1.29 is 9.53 Å². The van der Waals surface area contributed by atoms with Gasteiger partial charge in [0.2, 0.25) is 0 Å². The highest BCUT2D eigenvalue weighted by Gasteiger charge is 2.57. The first-order valence-corrected chi connectivity index (χ1v) is 8.52. The number of hydrogen-bond donors (Lipinski definition) is 0. The van der Waals surface area contributed by atoms with Crippen LogP contribution < -0.4 is 0 Å². The highest BCUT2D eigenvalue weighted by molar-refractivity contribution is 5.84. The van der Waals surface area contributed by atoms with Crippen molar-refractivity contribution in [3.63, 3.8) is 0 Å². The highest BCUT2D eigenvalue weighted by Crippen LogP contribution is 2.52. The molecule has 2 heteroatoms. The van der Waals surface area contributed by atoms with Crippen molar-refractivity contribution >= 4 is 16.7 Å². The molecule has 1 heterocycles. The number of carbonyl (C=O) groups excluding carboxylic acids is 1. The van der Waals surface area contributed by atoms with Crippen molar-refractivity contribution in [2.45, 2.75) is 38.2 Å². The molecule has 0 spiro atoms. The van der Waals surface area contributed by atoms with Gasteiger partial charge in [-0.15, -0.1) is 6.58 Å². The van der Waals surface area contributed by atoms with E-state index in [4.69, 9.17) is 4.74 Å². The molecule has 3 atom stereocenters. The van der Waals surface area contributed by atoms with Crippen molar-refractivity contribution in [2.24, 2.45) is 11.3 Å². The van der Waals surface area contributed by atoms with Gasteiger partial charge in [-0.2, -0.15) is 0 Å². The fourth-order valence-corrected chi connectivity index (χ4v) is 4.59. The van der Waals surface area contributed by atoms with E-state index >= 15 is 0 Å². The van der Waals surface area contributed by atoms with Crippen molar-refractivity contribution in [3.05, 3.63) is 60.7 Å². The molecular formula is C21H22O2. The third-order valence-electron chi connectivity index (χ3n) is 5.67. The number of fused-ring (bicyclic) bond motifs is 2. The molecule has 0 amide bonds. The first-order chi connectivity index (χ1) is 11.2. The van der Waals surface area contributed by atoms with E-state index in [2.05, 4.69) is 49.0 Å². The van der Waals surface area contributed by atoms with E-state index < -0.39 is 5.41 Å². The van der Waals surface area contributed by atoms with Crippen LogP contribution in [0, 0.1) is 11.3 Å². The van der Waals surface area contributed by atoms with Crippen LogP contribution in [0.15, 0.2) is 55.1 Å². The Hall–Kier alpha value is -2.09. The number of allylic oxidation sites excluding steroid dienone is 1. The third-order valence-corrected chi connectivity index (χ3v) is 5.67. The minimum Gasteiger partial charge on any atom is -0.462 e. The summed E-state index contributed by atoms with van der Waals surface area (Å²) in [6.45, 7) is 3.90. The van der Waals surface area contributed by atoms with Crippen LogP contribution >= 0.6 is 0 Å². The molecule has 4 rings (SSSR count). The Morgan fingerprint density at radius 1 is 1.17 bits per heavy atom. The van der Waals surface area contributed by atoms with Crippen LogP contribution in [0.1, 0.15) is 31.2 Å². The zero-order valence-electron chi connectivity index (χ0n) is 13.3. The standard InChI is InChI=1S/C21H22O2/c1-2-12-21(18-8-5-9-19(18)23-20(21)22)14-15-10-11-16-6-3-4-7-17(16)13-15/h2-4,6-7,10-11,13,18-19H,1,5,8-9,12,14H2/t18-,19+,21+/m1/s1. The van der Waals surface area contributed by atoms with Gasteiger partial charge in [0.05, 0.1) is 5.41 Å². The van der Waals surface area contributed by atoms with E-state index in [1.54, 1.807) is 0 Å². The Kier molecular flexibility index (Phi) is 3.48. The maximum absolute atomic E-state index is 12.7. The van der Waals surface area contributed by atoms with E-state index in [9.17, 15) is 4.79 Å². The lowest BCUT2D eigenvalue weighted by Crippen LogP contribution is -2.35. The molecule has 1 aliphatic carbocycles. The summed E-state index contributed by atoms with van der Waals surface area (Å²) >= 11 is 0. The maximum atomic E-state index is 12.7. The van der Waals surface area contributed by atoms with Crippen LogP contribution in [0.4, 0.5) is 0 Å². The Morgan fingerprint density at radius 2 is 2.00 bits per heavy atom. The second-order valence-corrected chi connectivity index (χ2v) is 6.99. The molecule has 2 nitrogen and oxygen atoms in total. The molecule has 2 aromatic rings. The van der Waals surface area contributed by atoms with Crippen LogP contribution in [0.2, 0.25) is 0 Å². The van der Waals surface area contributed by atoms with Crippen molar-refractivity contribution in [3.8, 4) is 0 Å². The highest BCUT2D eigenvalue weighted by atomic mass is 16.6. The average Bonchev–Trinajstić information content (AvgIpc) is 3.11. The number of benzene rings is 2. The largest absolute Gasteiger partial charge is 0.462 e. The molecule has 0 bridgehead atoms. The number of ether oxygens (including phenoxy) is 1. The summed E-state index contributed by atoms with van der Waals surface area (Å²) in [4.78, 5) is 12.7. The number of esters is 1. The normalized spacial score (nSPS) is 29.5. The Morgan fingerprint density at radius 3 is 2.83 bits per heavy atom. The predicted octanol–water partition coefficient (Wildman–Crippen LogP) is 4.67. The molecule has 23 heavy (non-hydrogen) atoms. The Balaban J connectivity index is 1.72. The van der Waals surface area contributed by atoms with Crippen LogP contribution in [0.3, 0.4) is 0 Å². The molecule has 0 aromatic heterocycles. The summed E-state index contributed by atoms with van der Waals surface area (Å²) in [5.74, 6) is 0.333. The number of rotatable bonds is 4. The summed E-state index contributed by atoms with van der Waals surface area (Å²) in [6.07, 6.45) is 6.76. The SMILES string of the molecule is C=CC[C@@]1(Cc2ccc3ccccc3c2)C(=O)O[C@H]2CCC[C@H]21. The molecule has 1 saturated heterocycles. The summed E-state index contributed by atoms with van der Waals surface area (Å²) in [7, 11) is 0. The molecule has 0 unspecified atom stereocenters. The van der Waals surface area contributed by atoms with E-state index in [0.29, 0.717) is 12.3 Å². The predicted molar refractivity (Wildman–Crippen MR) is 92.1 cm³/mol. The van der Waals surface area contributed by atoms with Gasteiger partial charge in [-0.05, 0) is 48.4 Å². The van der Waals surface area contributed by atoms with Crippen molar-refractivity contribution in [1.82, 2.24) is 0 Å². The summed E-state index contributed by atoms with van der Waals surface area (Å²) in [5, 5.41) is 2.47. The smallest absolute Gasteiger partial charge is 0.313 e. The lowest BCUT2D eigenvalue weighted by molar-refractivity contribution is -0.149. The quantitative estimate of drug-likeness (QED) is 0.606. The van der Waals surface area contributed by atoms with E-state index in [1.165, 1.54) is 22.8 Å². The maximum Gasteiger partial charge on any atom is 0.313 e. The lowest BCUT2D eigenvalue weighted by Gasteiger charge is -2.29. The van der Waals surface area contributed by atoms with Crippen molar-refractivity contribution in [2.75, 3.05) is 0 Å². The summed E-state index contributed by atoms with van der Waals surface area (Å²) < 4.78 is 5.73. The Labute approximate surface area is 137 Å². The van der Waals surface area contributed by atoms with Gasteiger partial charge in [0.1, 0.15) is 6.10 Å². The zero-order valence-corrected chi connectivity index (χ0v) is 13.3. The van der Waals surface area contributed by atoms with Crippen LogP contribution in [0.5, 0.6) is 0 Å². The first-order valence-electron chi connectivity index (χ1n) is 8.52. The Bertz CT molecular complexity index is 763. The van der Waals surface area contributed by atoms with Crippen LogP contribution in [-0.4, -0.2) is 12.1 Å². The minimum atomic E-state index is -0.411. The summed E-state index contributed by atoms with van der Waals surface area (Å²) in [5.41, 5.74) is 0.806. The molecule has 2 aliphatic rings. The van der Waals surface area contributed by atoms with Gasteiger partial charge in [-0.25, -0.2) is 0 Å². The van der Waals surface area contributed by atoms with Gasteiger partial charge in [0, 0.05) is 5.92 Å². The second kappa shape index (κ2) is 5.52. The molecule has 1 saturated carbocycles.